The Labute approximate surface area is 207 Å². The standard InChI is InChI=1S/C25H26ClFN4O4/c1-14(2)19-13-35-30-23(19)15-4-9-21(20(27)10-15)29-24(32)22-11-18(34-3)12-31(22)25(33)28-17-7-5-16(26)6-8-17/h4-10,13-14,18,22H,11-12H2,1-3H3,(H,28,33)(H,29,32)/t18-,22-/m1/s1. The molecule has 2 atom stereocenters. The quantitative estimate of drug-likeness (QED) is 0.464. The van der Waals surface area contributed by atoms with E-state index in [0.717, 1.165) is 5.56 Å². The Morgan fingerprint density at radius 2 is 1.94 bits per heavy atom. The number of anilines is 2. The third-order valence-electron chi connectivity index (χ3n) is 5.97. The number of halogens is 2. The Morgan fingerprint density at radius 3 is 2.60 bits per heavy atom. The number of rotatable bonds is 6. The normalized spacial score (nSPS) is 17.6. The fourth-order valence-electron chi connectivity index (χ4n) is 4.02. The number of likely N-dealkylation sites (tertiary alicyclic amines) is 1. The first-order valence-electron chi connectivity index (χ1n) is 11.2. The lowest BCUT2D eigenvalue weighted by Crippen LogP contribution is -2.45. The second-order valence-electron chi connectivity index (χ2n) is 8.66. The minimum atomic E-state index is -0.839. The Balaban J connectivity index is 1.49. The monoisotopic (exact) mass is 500 g/mol. The van der Waals surface area contributed by atoms with Crippen LogP contribution in [0, 0.1) is 5.82 Å². The molecule has 2 aromatic carbocycles. The van der Waals surface area contributed by atoms with Crippen molar-refractivity contribution < 1.29 is 23.2 Å². The molecule has 1 saturated heterocycles. The summed E-state index contributed by atoms with van der Waals surface area (Å²) < 4.78 is 25.4. The van der Waals surface area contributed by atoms with E-state index < -0.39 is 23.8 Å². The molecule has 8 nitrogen and oxygen atoms in total. The molecule has 35 heavy (non-hydrogen) atoms. The zero-order chi connectivity index (χ0) is 25.1. The van der Waals surface area contributed by atoms with Crippen LogP contribution in [0.5, 0.6) is 0 Å². The molecule has 10 heteroatoms. The van der Waals surface area contributed by atoms with Crippen LogP contribution in [-0.4, -0.2) is 47.8 Å². The van der Waals surface area contributed by atoms with Gasteiger partial charge < -0.3 is 24.8 Å². The zero-order valence-corrected chi connectivity index (χ0v) is 20.3. The number of methoxy groups -OCH3 is 1. The fourth-order valence-corrected chi connectivity index (χ4v) is 4.15. The van der Waals surface area contributed by atoms with Crippen LogP contribution in [-0.2, 0) is 9.53 Å². The van der Waals surface area contributed by atoms with Gasteiger partial charge in [-0.15, -0.1) is 0 Å². The molecule has 2 heterocycles. The number of carbonyl (C=O) groups excluding carboxylic acids is 2. The number of hydrogen-bond acceptors (Lipinski definition) is 5. The summed E-state index contributed by atoms with van der Waals surface area (Å²) in [5.41, 5.74) is 2.50. The SMILES string of the molecule is CO[C@@H]1C[C@H](C(=O)Nc2ccc(-c3nocc3C(C)C)cc2F)N(C(=O)Nc2ccc(Cl)cc2)C1. The van der Waals surface area contributed by atoms with Crippen LogP contribution in [0.1, 0.15) is 31.7 Å². The van der Waals surface area contributed by atoms with Gasteiger partial charge in [0.1, 0.15) is 23.8 Å². The van der Waals surface area contributed by atoms with Gasteiger partial charge in [0, 0.05) is 41.9 Å². The van der Waals surface area contributed by atoms with E-state index in [4.69, 9.17) is 20.9 Å². The fraction of sp³-hybridized carbons (Fsp3) is 0.320. The van der Waals surface area contributed by atoms with Crippen molar-refractivity contribution >= 4 is 34.9 Å². The molecule has 1 aromatic heterocycles. The molecular formula is C25H26ClFN4O4. The third kappa shape index (κ3) is 5.47. The maximum Gasteiger partial charge on any atom is 0.322 e. The number of amides is 3. The second kappa shape index (κ2) is 10.5. The van der Waals surface area contributed by atoms with Crippen LogP contribution in [0.4, 0.5) is 20.6 Å². The van der Waals surface area contributed by atoms with E-state index in [-0.39, 0.29) is 30.7 Å². The predicted octanol–water partition coefficient (Wildman–Crippen LogP) is 5.52. The summed E-state index contributed by atoms with van der Waals surface area (Å²) in [5, 5.41) is 9.89. The van der Waals surface area contributed by atoms with E-state index in [9.17, 15) is 14.0 Å². The van der Waals surface area contributed by atoms with Gasteiger partial charge in [0.2, 0.25) is 5.91 Å². The molecule has 1 aliphatic rings. The van der Waals surface area contributed by atoms with Gasteiger partial charge in [-0.25, -0.2) is 9.18 Å². The number of benzene rings is 2. The van der Waals surface area contributed by atoms with E-state index in [2.05, 4.69) is 15.8 Å². The minimum absolute atomic E-state index is 0.00673. The predicted molar refractivity (Wildman–Crippen MR) is 131 cm³/mol. The van der Waals surface area contributed by atoms with Crippen LogP contribution >= 0.6 is 11.6 Å². The Bertz CT molecular complexity index is 1210. The minimum Gasteiger partial charge on any atom is -0.380 e. The third-order valence-corrected chi connectivity index (χ3v) is 6.23. The molecule has 0 aliphatic carbocycles. The van der Waals surface area contributed by atoms with Crippen LogP contribution in [0.15, 0.2) is 53.3 Å². The van der Waals surface area contributed by atoms with Crippen LogP contribution < -0.4 is 10.6 Å². The van der Waals surface area contributed by atoms with Gasteiger partial charge in [-0.2, -0.15) is 0 Å². The van der Waals surface area contributed by atoms with Crippen molar-refractivity contribution in [2.24, 2.45) is 0 Å². The molecule has 0 saturated carbocycles. The number of ether oxygens (including phenoxy) is 1. The van der Waals surface area contributed by atoms with Crippen LogP contribution in [0.25, 0.3) is 11.3 Å². The van der Waals surface area contributed by atoms with Gasteiger partial charge >= 0.3 is 6.03 Å². The first-order valence-corrected chi connectivity index (χ1v) is 11.6. The molecule has 184 valence electrons. The summed E-state index contributed by atoms with van der Waals surface area (Å²) in [6.45, 7) is 4.20. The first kappa shape index (κ1) is 24.7. The summed E-state index contributed by atoms with van der Waals surface area (Å²) in [7, 11) is 1.52. The number of hydrogen-bond donors (Lipinski definition) is 2. The Morgan fingerprint density at radius 1 is 1.20 bits per heavy atom. The van der Waals surface area contributed by atoms with E-state index in [0.29, 0.717) is 22.0 Å². The van der Waals surface area contributed by atoms with Crippen molar-refractivity contribution in [3.8, 4) is 11.3 Å². The summed E-state index contributed by atoms with van der Waals surface area (Å²) >= 11 is 5.90. The van der Waals surface area contributed by atoms with Crippen molar-refractivity contribution in [1.82, 2.24) is 10.1 Å². The number of aromatic nitrogens is 1. The number of carbonyl (C=O) groups is 2. The van der Waals surface area contributed by atoms with Gasteiger partial charge in [-0.1, -0.05) is 36.7 Å². The maximum absolute atomic E-state index is 14.9. The van der Waals surface area contributed by atoms with Gasteiger partial charge in [0.05, 0.1) is 11.8 Å². The first-order chi connectivity index (χ1) is 16.8. The summed E-state index contributed by atoms with van der Waals surface area (Å²) in [5.74, 6) is -0.974. The van der Waals surface area contributed by atoms with Crippen molar-refractivity contribution in [2.45, 2.75) is 38.3 Å². The van der Waals surface area contributed by atoms with Gasteiger partial charge in [-0.3, -0.25) is 4.79 Å². The molecule has 1 fully saturated rings. The lowest BCUT2D eigenvalue weighted by Gasteiger charge is -2.24. The summed E-state index contributed by atoms with van der Waals surface area (Å²) in [6, 6.07) is 9.77. The zero-order valence-electron chi connectivity index (χ0n) is 19.5. The molecule has 1 aliphatic heterocycles. The number of nitrogens with one attached hydrogen (secondary N) is 2. The second-order valence-corrected chi connectivity index (χ2v) is 9.09. The molecule has 0 radical (unpaired) electrons. The Kier molecular flexibility index (Phi) is 7.37. The van der Waals surface area contributed by atoms with Crippen molar-refractivity contribution in [3.05, 3.63) is 65.1 Å². The highest BCUT2D eigenvalue weighted by molar-refractivity contribution is 6.30. The highest BCUT2D eigenvalue weighted by atomic mass is 35.5. The highest BCUT2D eigenvalue weighted by Crippen LogP contribution is 2.31. The molecule has 3 amide bonds. The largest absolute Gasteiger partial charge is 0.380 e. The highest BCUT2D eigenvalue weighted by Gasteiger charge is 2.40. The van der Waals surface area contributed by atoms with Crippen LogP contribution in [0.3, 0.4) is 0 Å². The topological polar surface area (TPSA) is 96.7 Å². The van der Waals surface area contributed by atoms with Gasteiger partial charge in [0.25, 0.3) is 0 Å². The van der Waals surface area contributed by atoms with Crippen molar-refractivity contribution in [2.75, 3.05) is 24.3 Å². The van der Waals surface area contributed by atoms with E-state index in [1.165, 1.54) is 24.1 Å². The van der Waals surface area contributed by atoms with Crippen LogP contribution in [0.2, 0.25) is 5.02 Å². The Hall–Kier alpha value is -3.43. The molecule has 0 bridgehead atoms. The summed E-state index contributed by atoms with van der Waals surface area (Å²) in [6.07, 6.45) is 1.51. The lowest BCUT2D eigenvalue weighted by molar-refractivity contribution is -0.119. The van der Waals surface area contributed by atoms with Crippen molar-refractivity contribution in [1.29, 1.82) is 0 Å². The van der Waals surface area contributed by atoms with E-state index >= 15 is 0 Å². The number of nitrogens with zero attached hydrogens (tertiary/aromatic N) is 2. The van der Waals surface area contributed by atoms with E-state index in [1.54, 1.807) is 36.6 Å². The van der Waals surface area contributed by atoms with Gasteiger partial charge in [-0.05, 0) is 42.3 Å². The maximum atomic E-state index is 14.9. The molecule has 3 aromatic rings. The van der Waals surface area contributed by atoms with E-state index in [1.807, 2.05) is 13.8 Å². The molecule has 2 N–H and O–H groups in total. The molecule has 4 rings (SSSR count). The molecule has 0 unspecified atom stereocenters. The molecule has 0 spiro atoms. The molecular weight excluding hydrogens is 475 g/mol. The van der Waals surface area contributed by atoms with Gasteiger partial charge in [0.15, 0.2) is 0 Å². The average Bonchev–Trinajstić information content (AvgIpc) is 3.49. The number of urea groups is 1. The average molecular weight is 501 g/mol. The summed E-state index contributed by atoms with van der Waals surface area (Å²) in [4.78, 5) is 27.4. The van der Waals surface area contributed by atoms with Crippen molar-refractivity contribution in [3.63, 3.8) is 0 Å². The smallest absolute Gasteiger partial charge is 0.322 e. The lowest BCUT2D eigenvalue weighted by atomic mass is 9.99.